The molecule has 19 heavy (non-hydrogen) atoms. The van der Waals surface area contributed by atoms with E-state index in [0.717, 1.165) is 35.9 Å². The predicted molar refractivity (Wildman–Crippen MR) is 73.4 cm³/mol. The van der Waals surface area contributed by atoms with Crippen molar-refractivity contribution in [3.8, 4) is 5.75 Å². The van der Waals surface area contributed by atoms with E-state index in [1.165, 1.54) is 0 Å². The number of nitrogens with zero attached hydrogens (tertiary/aromatic N) is 2. The van der Waals surface area contributed by atoms with E-state index >= 15 is 0 Å². The van der Waals surface area contributed by atoms with E-state index in [0.29, 0.717) is 0 Å². The molecule has 0 saturated heterocycles. The maximum Gasteiger partial charge on any atom is 0.162 e. The number of hydrogen-bond acceptors (Lipinski definition) is 4. The van der Waals surface area contributed by atoms with Gasteiger partial charge in [-0.25, -0.2) is 0 Å². The van der Waals surface area contributed by atoms with Gasteiger partial charge in [-0.1, -0.05) is 6.92 Å². The molecule has 2 heterocycles. The Morgan fingerprint density at radius 3 is 2.79 bits per heavy atom. The average Bonchev–Trinajstić information content (AvgIpc) is 3.01. The zero-order valence-electron chi connectivity index (χ0n) is 11.9. The molecule has 2 rings (SSSR count). The van der Waals surface area contributed by atoms with Crippen LogP contribution in [0.15, 0.2) is 22.9 Å². The van der Waals surface area contributed by atoms with Crippen molar-refractivity contribution in [1.29, 1.82) is 0 Å². The van der Waals surface area contributed by atoms with Gasteiger partial charge < -0.3 is 14.5 Å². The van der Waals surface area contributed by atoms with E-state index in [9.17, 15) is 0 Å². The van der Waals surface area contributed by atoms with Crippen molar-refractivity contribution in [2.24, 2.45) is 0 Å². The van der Waals surface area contributed by atoms with Crippen LogP contribution < -0.4 is 10.1 Å². The first-order chi connectivity index (χ1) is 9.22. The first-order valence-electron chi connectivity index (χ1n) is 6.59. The Kier molecular flexibility index (Phi) is 4.27. The van der Waals surface area contributed by atoms with Gasteiger partial charge in [-0.05, 0) is 32.0 Å². The standard InChI is InChI=1S/C14H21N3O2/c1-5-15-12(14-10(3)7-8-19-14)13-11(18-4)9-16-17(13)6-2/h7-9,12,15H,5-6H2,1-4H3. The van der Waals surface area contributed by atoms with Crippen molar-refractivity contribution in [1.82, 2.24) is 15.1 Å². The second kappa shape index (κ2) is 5.93. The molecular formula is C14H21N3O2. The van der Waals surface area contributed by atoms with Gasteiger partial charge in [0.1, 0.15) is 17.5 Å². The fourth-order valence-electron chi connectivity index (χ4n) is 2.28. The van der Waals surface area contributed by atoms with E-state index in [1.807, 2.05) is 17.7 Å². The van der Waals surface area contributed by atoms with Crippen LogP contribution in [0.25, 0.3) is 0 Å². The van der Waals surface area contributed by atoms with Crippen LogP contribution in [-0.2, 0) is 6.54 Å². The summed E-state index contributed by atoms with van der Waals surface area (Å²) in [6, 6.07) is 1.93. The molecule has 2 aromatic heterocycles. The zero-order chi connectivity index (χ0) is 13.8. The van der Waals surface area contributed by atoms with Crippen molar-refractivity contribution >= 4 is 0 Å². The summed E-state index contributed by atoms with van der Waals surface area (Å²) in [5, 5.41) is 7.80. The third-order valence-corrected chi connectivity index (χ3v) is 3.21. The summed E-state index contributed by atoms with van der Waals surface area (Å²) >= 11 is 0. The predicted octanol–water partition coefficient (Wildman–Crippen LogP) is 2.51. The monoisotopic (exact) mass is 263 g/mol. The minimum Gasteiger partial charge on any atom is -0.493 e. The summed E-state index contributed by atoms with van der Waals surface area (Å²) in [5.74, 6) is 1.69. The molecule has 5 nitrogen and oxygen atoms in total. The van der Waals surface area contributed by atoms with Crippen molar-refractivity contribution in [2.45, 2.75) is 33.4 Å². The smallest absolute Gasteiger partial charge is 0.162 e. The molecule has 104 valence electrons. The van der Waals surface area contributed by atoms with Gasteiger partial charge in [0, 0.05) is 6.54 Å². The van der Waals surface area contributed by atoms with Gasteiger partial charge >= 0.3 is 0 Å². The number of furan rings is 1. The Morgan fingerprint density at radius 1 is 1.47 bits per heavy atom. The molecule has 0 radical (unpaired) electrons. The second-order valence-electron chi connectivity index (χ2n) is 4.37. The van der Waals surface area contributed by atoms with Crippen LogP contribution in [0.4, 0.5) is 0 Å². The second-order valence-corrected chi connectivity index (χ2v) is 4.37. The quantitative estimate of drug-likeness (QED) is 0.870. The van der Waals surface area contributed by atoms with Gasteiger partial charge in [0.25, 0.3) is 0 Å². The highest BCUT2D eigenvalue weighted by molar-refractivity contribution is 5.35. The van der Waals surface area contributed by atoms with Gasteiger partial charge in [-0.15, -0.1) is 0 Å². The van der Waals surface area contributed by atoms with Crippen molar-refractivity contribution < 1.29 is 9.15 Å². The lowest BCUT2D eigenvalue weighted by atomic mass is 10.1. The highest BCUT2D eigenvalue weighted by Gasteiger charge is 2.26. The minimum atomic E-state index is -0.0441. The Bertz CT molecular complexity index is 509. The Morgan fingerprint density at radius 2 is 2.26 bits per heavy atom. The van der Waals surface area contributed by atoms with Crippen LogP contribution in [0.3, 0.4) is 0 Å². The molecular weight excluding hydrogens is 242 g/mol. The highest BCUT2D eigenvalue weighted by atomic mass is 16.5. The number of methoxy groups -OCH3 is 1. The lowest BCUT2D eigenvalue weighted by Gasteiger charge is -2.19. The van der Waals surface area contributed by atoms with Crippen LogP contribution in [0.5, 0.6) is 5.75 Å². The molecule has 0 amide bonds. The molecule has 1 N–H and O–H groups in total. The first-order valence-corrected chi connectivity index (χ1v) is 6.59. The molecule has 5 heteroatoms. The minimum absolute atomic E-state index is 0.0441. The summed E-state index contributed by atoms with van der Waals surface area (Å²) in [4.78, 5) is 0. The number of hydrogen-bond donors (Lipinski definition) is 1. The van der Waals surface area contributed by atoms with E-state index in [4.69, 9.17) is 9.15 Å². The van der Waals surface area contributed by atoms with Crippen molar-refractivity contribution in [3.05, 3.63) is 35.5 Å². The van der Waals surface area contributed by atoms with Gasteiger partial charge in [0.2, 0.25) is 0 Å². The number of aryl methyl sites for hydroxylation is 2. The van der Waals surface area contributed by atoms with Crippen molar-refractivity contribution in [2.75, 3.05) is 13.7 Å². The fourth-order valence-corrected chi connectivity index (χ4v) is 2.28. The average molecular weight is 263 g/mol. The van der Waals surface area contributed by atoms with Crippen LogP contribution in [-0.4, -0.2) is 23.4 Å². The maximum atomic E-state index is 5.64. The molecule has 1 unspecified atom stereocenters. The summed E-state index contributed by atoms with van der Waals surface area (Å²) in [5.41, 5.74) is 2.13. The van der Waals surface area contributed by atoms with Crippen LogP contribution >= 0.6 is 0 Å². The van der Waals surface area contributed by atoms with Gasteiger partial charge in [0.15, 0.2) is 5.75 Å². The number of nitrogens with one attached hydrogen (secondary N) is 1. The molecule has 0 aromatic carbocycles. The molecule has 0 fully saturated rings. The SMILES string of the molecule is CCNC(c1occc1C)c1c(OC)cnn1CC. The highest BCUT2D eigenvalue weighted by Crippen LogP contribution is 2.32. The lowest BCUT2D eigenvalue weighted by molar-refractivity contribution is 0.384. The number of aromatic nitrogens is 2. The third kappa shape index (κ3) is 2.51. The largest absolute Gasteiger partial charge is 0.493 e. The number of ether oxygens (including phenoxy) is 1. The number of rotatable bonds is 6. The van der Waals surface area contributed by atoms with E-state index in [-0.39, 0.29) is 6.04 Å². The Balaban J connectivity index is 2.50. The fraction of sp³-hybridized carbons (Fsp3) is 0.500. The van der Waals surface area contributed by atoms with E-state index in [1.54, 1.807) is 19.6 Å². The summed E-state index contributed by atoms with van der Waals surface area (Å²) < 4.78 is 13.0. The summed E-state index contributed by atoms with van der Waals surface area (Å²) in [7, 11) is 1.67. The van der Waals surface area contributed by atoms with Crippen LogP contribution in [0.2, 0.25) is 0 Å². The normalized spacial score (nSPS) is 12.6. The van der Waals surface area contributed by atoms with Crippen molar-refractivity contribution in [3.63, 3.8) is 0 Å². The Labute approximate surface area is 113 Å². The molecule has 0 spiro atoms. The molecule has 0 aliphatic rings. The summed E-state index contributed by atoms with van der Waals surface area (Å²) in [6.45, 7) is 7.81. The molecule has 2 aromatic rings. The van der Waals surface area contributed by atoms with Crippen LogP contribution in [0, 0.1) is 6.92 Å². The van der Waals surface area contributed by atoms with E-state index in [2.05, 4.69) is 24.3 Å². The van der Waals surface area contributed by atoms with Gasteiger partial charge in [-0.2, -0.15) is 5.10 Å². The topological polar surface area (TPSA) is 52.2 Å². The third-order valence-electron chi connectivity index (χ3n) is 3.21. The summed E-state index contributed by atoms with van der Waals surface area (Å²) in [6.07, 6.45) is 3.47. The van der Waals surface area contributed by atoms with Gasteiger partial charge in [0.05, 0.1) is 19.6 Å². The molecule has 0 saturated carbocycles. The maximum absolute atomic E-state index is 5.64. The zero-order valence-corrected chi connectivity index (χ0v) is 11.9. The van der Waals surface area contributed by atoms with Crippen LogP contribution in [0.1, 0.15) is 36.9 Å². The molecule has 0 bridgehead atoms. The van der Waals surface area contributed by atoms with Gasteiger partial charge in [-0.3, -0.25) is 4.68 Å². The first kappa shape index (κ1) is 13.7. The lowest BCUT2D eigenvalue weighted by Crippen LogP contribution is -2.25. The van der Waals surface area contributed by atoms with E-state index < -0.39 is 0 Å². The Hall–Kier alpha value is -1.75. The molecule has 0 aliphatic carbocycles. The molecule has 0 aliphatic heterocycles. The molecule has 1 atom stereocenters.